The summed E-state index contributed by atoms with van der Waals surface area (Å²) in [6.07, 6.45) is 0. The summed E-state index contributed by atoms with van der Waals surface area (Å²) in [6.45, 7) is 0.716. The molecule has 0 unspecified atom stereocenters. The van der Waals surface area contributed by atoms with Crippen LogP contribution in [0.2, 0.25) is 5.02 Å². The van der Waals surface area contributed by atoms with Crippen LogP contribution in [0.5, 0.6) is 11.5 Å². The summed E-state index contributed by atoms with van der Waals surface area (Å²) in [4.78, 5) is 0. The summed E-state index contributed by atoms with van der Waals surface area (Å²) in [7, 11) is 3.42. The lowest BCUT2D eigenvalue weighted by Crippen LogP contribution is -2.09. The third kappa shape index (κ3) is 3.65. The molecule has 21 heavy (non-hydrogen) atoms. The summed E-state index contributed by atoms with van der Waals surface area (Å²) >= 11 is 5.77. The Morgan fingerprint density at radius 2 is 1.86 bits per heavy atom. The lowest BCUT2D eigenvalue weighted by Gasteiger charge is -2.15. The highest BCUT2D eigenvalue weighted by molar-refractivity contribution is 6.30. The Balaban J connectivity index is 2.24. The quantitative estimate of drug-likeness (QED) is 0.880. The van der Waals surface area contributed by atoms with Gasteiger partial charge in [-0.15, -0.1) is 0 Å². The average Bonchev–Trinajstić information content (AvgIpc) is 2.49. The third-order valence-electron chi connectivity index (χ3n) is 3.05. The fraction of sp³-hybridized carbons (Fsp3) is 0.250. The maximum atomic E-state index is 13.9. The van der Waals surface area contributed by atoms with Gasteiger partial charge in [0.25, 0.3) is 0 Å². The second-order valence-corrected chi connectivity index (χ2v) is 4.89. The predicted octanol–water partition coefficient (Wildman–Crippen LogP) is 3.79. The van der Waals surface area contributed by atoms with Crippen molar-refractivity contribution in [1.29, 1.82) is 0 Å². The summed E-state index contributed by atoms with van der Waals surface area (Å²) in [5, 5.41) is 3.15. The van der Waals surface area contributed by atoms with E-state index in [0.29, 0.717) is 23.6 Å². The minimum Gasteiger partial charge on any atom is -0.493 e. The Labute approximate surface area is 128 Å². The summed E-state index contributed by atoms with van der Waals surface area (Å²) in [5.74, 6) is 0.767. The molecule has 0 amide bonds. The van der Waals surface area contributed by atoms with Gasteiger partial charge in [-0.25, -0.2) is 4.39 Å². The molecular formula is C16H17ClFNO2. The van der Waals surface area contributed by atoms with Crippen LogP contribution in [-0.4, -0.2) is 14.2 Å². The van der Waals surface area contributed by atoms with Gasteiger partial charge < -0.3 is 14.8 Å². The Bertz CT molecular complexity index is 619. The number of halogens is 2. The van der Waals surface area contributed by atoms with Gasteiger partial charge in [-0.1, -0.05) is 35.9 Å². The first-order chi connectivity index (χ1) is 10.2. The normalized spacial score (nSPS) is 10.5. The Morgan fingerprint density at radius 3 is 2.57 bits per heavy atom. The first-order valence-corrected chi connectivity index (χ1v) is 6.91. The van der Waals surface area contributed by atoms with E-state index in [9.17, 15) is 4.39 Å². The molecule has 112 valence electrons. The molecule has 0 aromatic heterocycles. The minimum atomic E-state index is -0.454. The Hall–Kier alpha value is -1.78. The summed E-state index contributed by atoms with van der Waals surface area (Å²) in [5.41, 5.74) is 1.35. The van der Waals surface area contributed by atoms with Gasteiger partial charge >= 0.3 is 0 Å². The minimum absolute atomic E-state index is 0.0868. The number of para-hydroxylation sites is 1. The molecule has 0 aliphatic rings. The van der Waals surface area contributed by atoms with Crippen LogP contribution in [0.25, 0.3) is 0 Å². The van der Waals surface area contributed by atoms with Crippen LogP contribution in [-0.2, 0) is 13.2 Å². The smallest absolute Gasteiger partial charge is 0.166 e. The van der Waals surface area contributed by atoms with Gasteiger partial charge in [0, 0.05) is 17.7 Å². The zero-order chi connectivity index (χ0) is 15.2. The standard InChI is InChI=1S/C16H17ClFNO2/c1-19-9-11-5-4-8-14(20-2)16(11)21-10-12-6-3-7-13(17)15(12)18/h3-8,19H,9-10H2,1-2H3. The molecule has 0 saturated heterocycles. The molecule has 0 heterocycles. The molecule has 0 atom stereocenters. The predicted molar refractivity (Wildman–Crippen MR) is 81.5 cm³/mol. The summed E-state index contributed by atoms with van der Waals surface area (Å²) in [6, 6.07) is 10.5. The molecule has 0 spiro atoms. The fourth-order valence-electron chi connectivity index (χ4n) is 2.03. The maximum Gasteiger partial charge on any atom is 0.166 e. The van der Waals surface area contributed by atoms with Crippen molar-refractivity contribution in [2.24, 2.45) is 0 Å². The average molecular weight is 310 g/mol. The van der Waals surface area contributed by atoms with Crippen molar-refractivity contribution in [2.45, 2.75) is 13.2 Å². The molecule has 0 saturated carbocycles. The van der Waals surface area contributed by atoms with E-state index in [1.807, 2.05) is 25.2 Å². The number of hydrogen-bond acceptors (Lipinski definition) is 3. The van der Waals surface area contributed by atoms with Gasteiger partial charge in [0.1, 0.15) is 12.4 Å². The Morgan fingerprint density at radius 1 is 1.14 bits per heavy atom. The van der Waals surface area contributed by atoms with E-state index in [2.05, 4.69) is 5.32 Å². The van der Waals surface area contributed by atoms with Crippen molar-refractivity contribution in [2.75, 3.05) is 14.2 Å². The first-order valence-electron chi connectivity index (χ1n) is 6.53. The molecule has 2 rings (SSSR count). The molecule has 2 aromatic rings. The zero-order valence-electron chi connectivity index (χ0n) is 12.0. The van der Waals surface area contributed by atoms with E-state index in [-0.39, 0.29) is 11.6 Å². The van der Waals surface area contributed by atoms with Crippen LogP contribution < -0.4 is 14.8 Å². The van der Waals surface area contributed by atoms with Gasteiger partial charge in [0.05, 0.1) is 12.1 Å². The number of methoxy groups -OCH3 is 1. The zero-order valence-corrected chi connectivity index (χ0v) is 12.7. The Kier molecular flexibility index (Phi) is 5.42. The molecule has 5 heteroatoms. The topological polar surface area (TPSA) is 30.5 Å². The lowest BCUT2D eigenvalue weighted by atomic mass is 10.1. The van der Waals surface area contributed by atoms with Gasteiger partial charge in [-0.2, -0.15) is 0 Å². The van der Waals surface area contributed by atoms with Crippen LogP contribution in [0, 0.1) is 5.82 Å². The fourth-order valence-corrected chi connectivity index (χ4v) is 2.22. The van der Waals surface area contributed by atoms with E-state index < -0.39 is 5.82 Å². The van der Waals surface area contributed by atoms with Crippen LogP contribution in [0.1, 0.15) is 11.1 Å². The van der Waals surface area contributed by atoms with Crippen molar-refractivity contribution in [3.05, 3.63) is 58.4 Å². The molecule has 3 nitrogen and oxygen atoms in total. The monoisotopic (exact) mass is 309 g/mol. The third-order valence-corrected chi connectivity index (χ3v) is 3.34. The highest BCUT2D eigenvalue weighted by Crippen LogP contribution is 2.32. The van der Waals surface area contributed by atoms with E-state index in [1.165, 1.54) is 6.07 Å². The van der Waals surface area contributed by atoms with Gasteiger partial charge in [0.15, 0.2) is 11.5 Å². The summed E-state index contributed by atoms with van der Waals surface area (Å²) < 4.78 is 25.0. The molecule has 1 N–H and O–H groups in total. The number of nitrogens with one attached hydrogen (secondary N) is 1. The molecule has 0 bridgehead atoms. The van der Waals surface area contributed by atoms with Crippen LogP contribution in [0.3, 0.4) is 0 Å². The molecule has 2 aromatic carbocycles. The maximum absolute atomic E-state index is 13.9. The highest BCUT2D eigenvalue weighted by atomic mass is 35.5. The number of ether oxygens (including phenoxy) is 2. The van der Waals surface area contributed by atoms with Gasteiger partial charge in [-0.05, 0) is 19.2 Å². The highest BCUT2D eigenvalue weighted by Gasteiger charge is 2.12. The van der Waals surface area contributed by atoms with Crippen molar-refractivity contribution in [1.82, 2.24) is 5.32 Å². The number of hydrogen-bond donors (Lipinski definition) is 1. The van der Waals surface area contributed by atoms with Gasteiger partial charge in [0.2, 0.25) is 0 Å². The number of benzene rings is 2. The van der Waals surface area contributed by atoms with Crippen LogP contribution >= 0.6 is 11.6 Å². The second-order valence-electron chi connectivity index (χ2n) is 4.48. The molecule has 0 fully saturated rings. The first kappa shape index (κ1) is 15.6. The molecular weight excluding hydrogens is 293 g/mol. The van der Waals surface area contributed by atoms with Crippen LogP contribution in [0.15, 0.2) is 36.4 Å². The largest absolute Gasteiger partial charge is 0.493 e. The van der Waals surface area contributed by atoms with Crippen molar-refractivity contribution in [3.63, 3.8) is 0 Å². The van der Waals surface area contributed by atoms with Gasteiger partial charge in [-0.3, -0.25) is 0 Å². The van der Waals surface area contributed by atoms with Crippen LogP contribution in [0.4, 0.5) is 4.39 Å². The second kappa shape index (κ2) is 7.29. The molecule has 0 radical (unpaired) electrons. The van der Waals surface area contributed by atoms with Crippen molar-refractivity contribution in [3.8, 4) is 11.5 Å². The molecule has 0 aliphatic carbocycles. The SMILES string of the molecule is CNCc1cccc(OC)c1OCc1cccc(Cl)c1F. The van der Waals surface area contributed by atoms with Crippen molar-refractivity contribution < 1.29 is 13.9 Å². The number of rotatable bonds is 6. The lowest BCUT2D eigenvalue weighted by molar-refractivity contribution is 0.276. The van der Waals surface area contributed by atoms with Crippen molar-refractivity contribution >= 4 is 11.6 Å². The van der Waals surface area contributed by atoms with E-state index in [1.54, 1.807) is 19.2 Å². The molecule has 0 aliphatic heterocycles. The van der Waals surface area contributed by atoms with E-state index >= 15 is 0 Å². The van der Waals surface area contributed by atoms with E-state index in [4.69, 9.17) is 21.1 Å². The van der Waals surface area contributed by atoms with E-state index in [0.717, 1.165) is 5.56 Å².